The third kappa shape index (κ3) is 3.79. The molecule has 1 aliphatic rings. The van der Waals surface area contributed by atoms with Crippen molar-refractivity contribution < 1.29 is 27.3 Å². The number of alkyl halides is 3. The predicted molar refractivity (Wildman–Crippen MR) is 87.3 cm³/mol. The van der Waals surface area contributed by atoms with Crippen LogP contribution in [0.25, 0.3) is 0 Å². The molecule has 8 heteroatoms. The van der Waals surface area contributed by atoms with E-state index in [9.17, 15) is 22.4 Å². The Kier molecular flexibility index (Phi) is 4.84. The highest BCUT2D eigenvalue weighted by atomic mass is 19.4. The highest BCUT2D eigenvalue weighted by molar-refractivity contribution is 5.94. The summed E-state index contributed by atoms with van der Waals surface area (Å²) in [6.45, 7) is 3.39. The number of carbonyl (C=O) groups excluding carboxylic acids is 1. The second-order valence-corrected chi connectivity index (χ2v) is 6.20. The number of benzene rings is 1. The maximum absolute atomic E-state index is 13.6. The van der Waals surface area contributed by atoms with Crippen LogP contribution in [0, 0.1) is 12.7 Å². The van der Waals surface area contributed by atoms with Gasteiger partial charge in [-0.05, 0) is 30.7 Å². The van der Waals surface area contributed by atoms with E-state index in [0.29, 0.717) is 43.1 Å². The van der Waals surface area contributed by atoms with Crippen LogP contribution in [0.15, 0.2) is 36.5 Å². The fourth-order valence-electron chi connectivity index (χ4n) is 2.85. The number of nitrogens with one attached hydrogen (secondary N) is 1. The summed E-state index contributed by atoms with van der Waals surface area (Å²) in [5, 5.41) is 0. The van der Waals surface area contributed by atoms with Crippen LogP contribution in [0.1, 0.15) is 21.5 Å². The fraction of sp³-hybridized carbons (Fsp3) is 0.333. The first-order valence-corrected chi connectivity index (χ1v) is 8.15. The molecular formula is C18H18F4N3O+. The number of hydrogen-bond acceptors (Lipinski definition) is 2. The topological polar surface area (TPSA) is 37.7 Å². The van der Waals surface area contributed by atoms with Crippen molar-refractivity contribution in [1.82, 2.24) is 4.90 Å². The van der Waals surface area contributed by atoms with E-state index in [1.807, 2.05) is 4.90 Å². The van der Waals surface area contributed by atoms with Crippen molar-refractivity contribution in [2.24, 2.45) is 0 Å². The second kappa shape index (κ2) is 6.93. The number of aromatic amines is 1. The van der Waals surface area contributed by atoms with Gasteiger partial charge in [0, 0.05) is 11.6 Å². The third-order valence-corrected chi connectivity index (χ3v) is 4.45. The molecule has 0 spiro atoms. The molecule has 1 N–H and O–H groups in total. The van der Waals surface area contributed by atoms with Gasteiger partial charge in [-0.2, -0.15) is 13.2 Å². The Labute approximate surface area is 148 Å². The molecule has 1 saturated heterocycles. The van der Waals surface area contributed by atoms with Crippen LogP contribution >= 0.6 is 0 Å². The number of aromatic nitrogens is 1. The lowest BCUT2D eigenvalue weighted by Gasteiger charge is -2.31. The molecule has 0 aliphatic carbocycles. The summed E-state index contributed by atoms with van der Waals surface area (Å²) in [6, 6.07) is 6.80. The Balaban J connectivity index is 1.63. The predicted octanol–water partition coefficient (Wildman–Crippen LogP) is 2.93. The molecule has 0 bridgehead atoms. The van der Waals surface area contributed by atoms with Gasteiger partial charge in [-0.1, -0.05) is 6.07 Å². The Bertz CT molecular complexity index is 797. The third-order valence-electron chi connectivity index (χ3n) is 4.45. The van der Waals surface area contributed by atoms with Crippen molar-refractivity contribution in [3.63, 3.8) is 0 Å². The molecule has 0 atom stereocenters. The lowest BCUT2D eigenvalue weighted by atomic mass is 10.1. The van der Waals surface area contributed by atoms with E-state index in [4.69, 9.17) is 0 Å². The molecule has 2 heterocycles. The van der Waals surface area contributed by atoms with Crippen LogP contribution < -0.4 is 9.88 Å². The maximum atomic E-state index is 13.6. The molecule has 1 aromatic heterocycles. The highest BCUT2D eigenvalue weighted by Gasteiger charge is 2.33. The van der Waals surface area contributed by atoms with Crippen LogP contribution in [-0.4, -0.2) is 37.0 Å². The zero-order valence-electron chi connectivity index (χ0n) is 14.1. The van der Waals surface area contributed by atoms with E-state index in [2.05, 4.69) is 4.98 Å². The number of carbonyl (C=O) groups is 1. The normalized spacial score (nSPS) is 15.3. The number of piperazine rings is 1. The molecule has 0 radical (unpaired) electrons. The molecule has 2 aromatic rings. The van der Waals surface area contributed by atoms with Gasteiger partial charge in [0.1, 0.15) is 25.1 Å². The Morgan fingerprint density at radius 2 is 1.77 bits per heavy atom. The van der Waals surface area contributed by atoms with Crippen molar-refractivity contribution in [2.45, 2.75) is 13.1 Å². The number of rotatable bonds is 2. The van der Waals surface area contributed by atoms with E-state index in [0.717, 1.165) is 12.3 Å². The summed E-state index contributed by atoms with van der Waals surface area (Å²) in [6.07, 6.45) is -3.45. The smallest absolute Gasteiger partial charge is 0.331 e. The molecule has 3 rings (SSSR count). The molecule has 0 saturated carbocycles. The number of aryl methyl sites for hydroxylation is 1. The van der Waals surface area contributed by atoms with Gasteiger partial charge < -0.3 is 4.90 Å². The summed E-state index contributed by atoms with van der Waals surface area (Å²) in [4.78, 5) is 18.6. The summed E-state index contributed by atoms with van der Waals surface area (Å²) < 4.78 is 51.5. The fourth-order valence-corrected chi connectivity index (χ4v) is 2.85. The minimum Gasteiger partial charge on any atom is -0.331 e. The molecule has 26 heavy (non-hydrogen) atoms. The first-order chi connectivity index (χ1) is 12.3. The monoisotopic (exact) mass is 368 g/mol. The first kappa shape index (κ1) is 18.2. The average Bonchev–Trinajstić information content (AvgIpc) is 2.63. The minimum absolute atomic E-state index is 0.250. The summed E-state index contributed by atoms with van der Waals surface area (Å²) in [5.74, 6) is -0.111. The quantitative estimate of drug-likeness (QED) is 0.765. The number of nitrogens with zero attached hydrogens (tertiary/aromatic N) is 2. The van der Waals surface area contributed by atoms with Gasteiger partial charge in [-0.3, -0.25) is 9.69 Å². The van der Waals surface area contributed by atoms with Crippen LogP contribution in [0.2, 0.25) is 0 Å². The molecule has 1 aliphatic heterocycles. The minimum atomic E-state index is -4.39. The van der Waals surface area contributed by atoms with Crippen molar-refractivity contribution in [3.05, 3.63) is 59.0 Å². The molecule has 1 fully saturated rings. The second-order valence-electron chi connectivity index (χ2n) is 6.20. The molecule has 1 aromatic carbocycles. The number of halogens is 4. The average molecular weight is 368 g/mol. The van der Waals surface area contributed by atoms with E-state index in [1.165, 1.54) is 12.1 Å². The zero-order valence-corrected chi connectivity index (χ0v) is 14.1. The van der Waals surface area contributed by atoms with E-state index in [-0.39, 0.29) is 5.91 Å². The summed E-state index contributed by atoms with van der Waals surface area (Å²) in [5.41, 5.74) is 0.0308. The number of H-pyrrole nitrogens is 1. The summed E-state index contributed by atoms with van der Waals surface area (Å²) in [7, 11) is 0. The van der Waals surface area contributed by atoms with E-state index in [1.54, 1.807) is 24.0 Å². The number of anilines is 1. The molecular weight excluding hydrogens is 350 g/mol. The number of pyridine rings is 1. The van der Waals surface area contributed by atoms with Crippen LogP contribution in [0.5, 0.6) is 0 Å². The Morgan fingerprint density at radius 3 is 2.31 bits per heavy atom. The molecule has 1 amide bonds. The lowest BCUT2D eigenvalue weighted by molar-refractivity contribution is -0.367. The number of amides is 1. The number of hydrogen-bond donors (Lipinski definition) is 0. The van der Waals surface area contributed by atoms with Crippen molar-refractivity contribution in [3.8, 4) is 0 Å². The first-order valence-electron chi connectivity index (χ1n) is 8.15. The van der Waals surface area contributed by atoms with E-state index < -0.39 is 17.6 Å². The SMILES string of the molecule is Cc1ccc(C(=O)N2CCN(c3ccc(C(F)(F)F)c[nH+]3)CC2)cc1F. The van der Waals surface area contributed by atoms with Gasteiger partial charge >= 0.3 is 6.18 Å². The van der Waals surface area contributed by atoms with Gasteiger partial charge in [0.2, 0.25) is 0 Å². The largest absolute Gasteiger partial charge is 0.419 e. The maximum Gasteiger partial charge on any atom is 0.419 e. The van der Waals surface area contributed by atoms with Crippen molar-refractivity contribution in [1.29, 1.82) is 0 Å². The van der Waals surface area contributed by atoms with Crippen molar-refractivity contribution >= 4 is 11.7 Å². The molecule has 138 valence electrons. The van der Waals surface area contributed by atoms with Gasteiger partial charge in [-0.25, -0.2) is 9.37 Å². The Hall–Kier alpha value is -2.64. The van der Waals surface area contributed by atoms with Gasteiger partial charge in [0.15, 0.2) is 0 Å². The van der Waals surface area contributed by atoms with Gasteiger partial charge in [-0.15, -0.1) is 0 Å². The van der Waals surface area contributed by atoms with E-state index >= 15 is 0 Å². The van der Waals surface area contributed by atoms with Crippen LogP contribution in [-0.2, 0) is 6.18 Å². The van der Waals surface area contributed by atoms with Gasteiger partial charge in [0.05, 0.1) is 18.7 Å². The molecule has 0 unspecified atom stereocenters. The van der Waals surface area contributed by atoms with Crippen molar-refractivity contribution in [2.75, 3.05) is 31.1 Å². The van der Waals surface area contributed by atoms with Crippen LogP contribution in [0.3, 0.4) is 0 Å². The van der Waals surface area contributed by atoms with Crippen LogP contribution in [0.4, 0.5) is 23.4 Å². The standard InChI is InChI=1S/C18H17F4N3O/c1-12-2-3-13(10-15(12)19)17(26)25-8-6-24(7-9-25)16-5-4-14(11-23-16)18(20,21)22/h2-5,10-11H,6-9H2,1H3/p+1. The lowest BCUT2D eigenvalue weighted by Crippen LogP contribution is -2.50. The van der Waals surface area contributed by atoms with Gasteiger partial charge in [0.25, 0.3) is 11.7 Å². The summed E-state index contributed by atoms with van der Waals surface area (Å²) >= 11 is 0. The zero-order chi connectivity index (χ0) is 18.9. The molecule has 4 nitrogen and oxygen atoms in total. The highest BCUT2D eigenvalue weighted by Crippen LogP contribution is 2.28. The Morgan fingerprint density at radius 1 is 1.08 bits per heavy atom.